The van der Waals surface area contributed by atoms with Crippen molar-refractivity contribution in [3.05, 3.63) is 47.5 Å². The quantitative estimate of drug-likeness (QED) is 0.628. The molecule has 0 radical (unpaired) electrons. The van der Waals surface area contributed by atoms with E-state index in [1.165, 1.54) is 5.57 Å². The molecule has 1 fully saturated rings. The van der Waals surface area contributed by atoms with E-state index < -0.39 is 6.09 Å². The highest BCUT2D eigenvalue weighted by atomic mass is 16.6. The maximum absolute atomic E-state index is 11.1. The molecule has 1 aliphatic rings. The van der Waals surface area contributed by atoms with Gasteiger partial charge in [-0.1, -0.05) is 42.0 Å². The second kappa shape index (κ2) is 8.15. The van der Waals surface area contributed by atoms with Gasteiger partial charge in [-0.3, -0.25) is 4.79 Å². The van der Waals surface area contributed by atoms with Crippen LogP contribution in [0.3, 0.4) is 0 Å². The normalized spacial score (nSPS) is 16.9. The maximum Gasteiger partial charge on any atom is 0.416 e. The van der Waals surface area contributed by atoms with Gasteiger partial charge in [0, 0.05) is 0 Å². The molecule has 1 saturated heterocycles. The Kier molecular flexibility index (Phi) is 6.50. The highest BCUT2D eigenvalue weighted by Gasteiger charge is 2.32. The summed E-state index contributed by atoms with van der Waals surface area (Å²) < 4.78 is 4.80. The number of rotatable bonds is 3. The summed E-state index contributed by atoms with van der Waals surface area (Å²) >= 11 is 0. The number of carbonyl (C=O) groups excluding carboxylic acids is 2. The molecule has 1 aromatic rings. The molecule has 1 aliphatic heterocycles. The highest BCUT2D eigenvalue weighted by Crippen LogP contribution is 2.14. The van der Waals surface area contributed by atoms with E-state index in [-0.39, 0.29) is 12.6 Å². The van der Waals surface area contributed by atoms with Gasteiger partial charge in [-0.05, 0) is 32.8 Å². The molecular weight excluding hydrogens is 254 g/mol. The van der Waals surface area contributed by atoms with Crippen LogP contribution in [0, 0.1) is 0 Å². The molecule has 4 nitrogen and oxygen atoms in total. The van der Waals surface area contributed by atoms with Crippen LogP contribution < -0.4 is 0 Å². The lowest BCUT2D eigenvalue weighted by molar-refractivity contribution is -0.116. The summed E-state index contributed by atoms with van der Waals surface area (Å²) in [6, 6.07) is 9.54. The minimum atomic E-state index is -0.550. The molecule has 2 amide bonds. The zero-order valence-electron chi connectivity index (χ0n) is 12.2. The molecule has 0 spiro atoms. The number of imide groups is 1. The number of hydrogen-bond acceptors (Lipinski definition) is 3. The molecule has 108 valence electrons. The van der Waals surface area contributed by atoms with Crippen molar-refractivity contribution in [2.45, 2.75) is 33.2 Å². The summed E-state index contributed by atoms with van der Waals surface area (Å²) in [4.78, 5) is 22.8. The van der Waals surface area contributed by atoms with Crippen molar-refractivity contribution in [2.24, 2.45) is 0 Å². The second-order valence-corrected chi connectivity index (χ2v) is 4.80. The number of allylic oxidation sites excluding steroid dienone is 2. The Labute approximate surface area is 120 Å². The molecule has 1 aromatic carbocycles. The van der Waals surface area contributed by atoms with E-state index in [2.05, 4.69) is 19.9 Å². The molecule has 1 atom stereocenters. The van der Waals surface area contributed by atoms with Crippen LogP contribution in [0.25, 0.3) is 0 Å². The Morgan fingerprint density at radius 2 is 1.95 bits per heavy atom. The first kappa shape index (κ1) is 16.0. The molecule has 0 aromatic heterocycles. The zero-order valence-corrected chi connectivity index (χ0v) is 12.2. The summed E-state index contributed by atoms with van der Waals surface area (Å²) in [5.74, 6) is 0. The number of carbonyl (C=O) groups is 2. The Morgan fingerprint density at radius 1 is 1.35 bits per heavy atom. The number of benzene rings is 1. The standard InChI is InChI=1S/C11H11NO3.C5H10/c13-8-12-10(7-15-11(12)14)6-9-4-2-1-3-5-9;1-4-5(2)3/h1-5,8,10H,6-7H2;4H,1-3H3. The predicted octanol–water partition coefficient (Wildman–Crippen LogP) is 3.18. The minimum absolute atomic E-state index is 0.169. The largest absolute Gasteiger partial charge is 0.447 e. The highest BCUT2D eigenvalue weighted by molar-refractivity contribution is 5.82. The third kappa shape index (κ3) is 4.88. The number of hydrogen-bond donors (Lipinski definition) is 0. The zero-order chi connectivity index (χ0) is 15.0. The molecule has 4 heteroatoms. The number of cyclic esters (lactones) is 1. The van der Waals surface area contributed by atoms with Crippen LogP contribution in [0.2, 0.25) is 0 Å². The first-order valence-electron chi connectivity index (χ1n) is 6.62. The fourth-order valence-corrected chi connectivity index (χ4v) is 1.64. The predicted molar refractivity (Wildman–Crippen MR) is 78.3 cm³/mol. The molecule has 1 heterocycles. The van der Waals surface area contributed by atoms with E-state index in [9.17, 15) is 9.59 Å². The number of ether oxygens (including phenoxy) is 1. The topological polar surface area (TPSA) is 46.6 Å². The number of nitrogens with zero attached hydrogens (tertiary/aromatic N) is 1. The molecular formula is C16H21NO3. The van der Waals surface area contributed by atoms with Gasteiger partial charge in [0.05, 0.1) is 6.04 Å². The van der Waals surface area contributed by atoms with Gasteiger partial charge in [0.2, 0.25) is 6.41 Å². The lowest BCUT2D eigenvalue weighted by atomic mass is 10.1. The van der Waals surface area contributed by atoms with Crippen molar-refractivity contribution in [3.63, 3.8) is 0 Å². The van der Waals surface area contributed by atoms with E-state index in [4.69, 9.17) is 4.74 Å². The number of amides is 2. The van der Waals surface area contributed by atoms with E-state index in [1.807, 2.05) is 37.3 Å². The van der Waals surface area contributed by atoms with Crippen LogP contribution in [0.15, 0.2) is 42.0 Å². The summed E-state index contributed by atoms with van der Waals surface area (Å²) in [6.45, 7) is 6.49. The van der Waals surface area contributed by atoms with E-state index >= 15 is 0 Å². The monoisotopic (exact) mass is 275 g/mol. The summed E-state index contributed by atoms with van der Waals surface area (Å²) in [7, 11) is 0. The van der Waals surface area contributed by atoms with Crippen molar-refractivity contribution in [1.29, 1.82) is 0 Å². The Bertz CT molecular complexity index is 464. The van der Waals surface area contributed by atoms with Gasteiger partial charge in [0.25, 0.3) is 0 Å². The van der Waals surface area contributed by atoms with Crippen molar-refractivity contribution in [1.82, 2.24) is 4.90 Å². The van der Waals surface area contributed by atoms with Crippen LogP contribution in [-0.4, -0.2) is 30.1 Å². The van der Waals surface area contributed by atoms with E-state index in [0.717, 1.165) is 10.5 Å². The van der Waals surface area contributed by atoms with Crippen LogP contribution in [0.1, 0.15) is 26.3 Å². The molecule has 0 bridgehead atoms. The summed E-state index contributed by atoms with van der Waals surface area (Å²) in [5.41, 5.74) is 2.47. The smallest absolute Gasteiger partial charge is 0.416 e. The third-order valence-corrected chi connectivity index (χ3v) is 3.01. The molecule has 0 saturated carbocycles. The van der Waals surface area contributed by atoms with E-state index in [0.29, 0.717) is 12.8 Å². The van der Waals surface area contributed by atoms with Gasteiger partial charge in [-0.25, -0.2) is 9.69 Å². The third-order valence-electron chi connectivity index (χ3n) is 3.01. The fraction of sp³-hybridized carbons (Fsp3) is 0.375. The SMILES string of the molecule is CC=C(C)C.O=CN1C(=O)OCC1Cc1ccccc1. The second-order valence-electron chi connectivity index (χ2n) is 4.80. The van der Waals surface area contributed by atoms with Gasteiger partial charge in [0.15, 0.2) is 0 Å². The van der Waals surface area contributed by atoms with Gasteiger partial charge < -0.3 is 4.74 Å². The molecule has 1 unspecified atom stereocenters. The Hall–Kier alpha value is -2.10. The van der Waals surface area contributed by atoms with Crippen molar-refractivity contribution in [3.8, 4) is 0 Å². The summed E-state index contributed by atoms with van der Waals surface area (Å²) in [5, 5.41) is 0. The lowest BCUT2D eigenvalue weighted by Crippen LogP contribution is -2.33. The van der Waals surface area contributed by atoms with Crippen molar-refractivity contribution < 1.29 is 14.3 Å². The molecule has 0 aliphatic carbocycles. The molecule has 2 rings (SSSR count). The maximum atomic E-state index is 11.1. The lowest BCUT2D eigenvalue weighted by Gasteiger charge is -2.13. The first-order chi connectivity index (χ1) is 9.58. The van der Waals surface area contributed by atoms with Crippen LogP contribution in [-0.2, 0) is 16.0 Å². The van der Waals surface area contributed by atoms with Crippen LogP contribution in [0.4, 0.5) is 4.79 Å². The average Bonchev–Trinajstić information content (AvgIpc) is 2.80. The van der Waals surface area contributed by atoms with Gasteiger partial charge in [-0.2, -0.15) is 0 Å². The van der Waals surface area contributed by atoms with Gasteiger partial charge in [0.1, 0.15) is 6.61 Å². The van der Waals surface area contributed by atoms with E-state index in [1.54, 1.807) is 0 Å². The fourth-order valence-electron chi connectivity index (χ4n) is 1.64. The van der Waals surface area contributed by atoms with Crippen molar-refractivity contribution in [2.75, 3.05) is 6.61 Å². The van der Waals surface area contributed by atoms with Crippen molar-refractivity contribution >= 4 is 12.5 Å². The average molecular weight is 275 g/mol. The summed E-state index contributed by atoms with van der Waals surface area (Å²) in [6.07, 6.45) is 2.71. The van der Waals surface area contributed by atoms with Gasteiger partial charge in [-0.15, -0.1) is 0 Å². The Morgan fingerprint density at radius 3 is 2.45 bits per heavy atom. The molecule has 0 N–H and O–H groups in total. The molecule has 20 heavy (non-hydrogen) atoms. The Balaban J connectivity index is 0.000000347. The van der Waals surface area contributed by atoms with Gasteiger partial charge >= 0.3 is 6.09 Å². The van der Waals surface area contributed by atoms with Crippen LogP contribution in [0.5, 0.6) is 0 Å². The minimum Gasteiger partial charge on any atom is -0.447 e. The first-order valence-corrected chi connectivity index (χ1v) is 6.62. The van der Waals surface area contributed by atoms with Crippen LogP contribution >= 0.6 is 0 Å².